The fourth-order valence-electron chi connectivity index (χ4n) is 2.16. The minimum absolute atomic E-state index is 0.212. The Hall–Kier alpha value is -1.86. The second kappa shape index (κ2) is 7.61. The molecule has 23 heavy (non-hydrogen) atoms. The molecule has 0 aromatic carbocycles. The summed E-state index contributed by atoms with van der Waals surface area (Å²) in [5.74, 6) is 1.24. The number of aliphatic hydroxyl groups is 1. The number of hydrogen-bond acceptors (Lipinski definition) is 5. The van der Waals surface area contributed by atoms with Gasteiger partial charge in [-0.05, 0) is 32.9 Å². The molecule has 2 rings (SSSR count). The third-order valence-electron chi connectivity index (χ3n) is 3.35. The number of furan rings is 1. The van der Waals surface area contributed by atoms with Crippen LogP contribution >= 0.6 is 11.3 Å². The number of aryl methyl sites for hydroxylation is 1. The topological polar surface area (TPSA) is 73.9 Å². The number of rotatable bonds is 6. The lowest BCUT2D eigenvalue weighted by Gasteiger charge is -2.24. The molecule has 0 saturated heterocycles. The van der Waals surface area contributed by atoms with Crippen molar-refractivity contribution < 1.29 is 9.52 Å². The Morgan fingerprint density at radius 1 is 1.57 bits per heavy atom. The average Bonchev–Trinajstić information content (AvgIpc) is 3.15. The van der Waals surface area contributed by atoms with Gasteiger partial charge in [0.15, 0.2) is 5.96 Å². The van der Waals surface area contributed by atoms with Crippen LogP contribution in [0.15, 0.2) is 33.2 Å². The number of nitrogens with zero attached hydrogens (tertiary/aromatic N) is 3. The van der Waals surface area contributed by atoms with Crippen molar-refractivity contribution >= 4 is 17.3 Å². The maximum atomic E-state index is 10.5. The van der Waals surface area contributed by atoms with Crippen LogP contribution in [-0.2, 0) is 12.1 Å². The SMILES string of the molecule is CCNC(=NCC(C)(O)c1ccco1)N(C)Cc1csc(C)n1. The predicted octanol–water partition coefficient (Wildman–Crippen LogP) is 2.35. The highest BCUT2D eigenvalue weighted by Gasteiger charge is 2.26. The predicted molar refractivity (Wildman–Crippen MR) is 92.6 cm³/mol. The van der Waals surface area contributed by atoms with Crippen molar-refractivity contribution in [2.75, 3.05) is 20.1 Å². The molecular weight excluding hydrogens is 312 g/mol. The Bertz CT molecular complexity index is 634. The van der Waals surface area contributed by atoms with Crippen molar-refractivity contribution in [3.8, 4) is 0 Å². The third kappa shape index (κ3) is 4.80. The Labute approximate surface area is 140 Å². The molecule has 2 aromatic rings. The summed E-state index contributed by atoms with van der Waals surface area (Å²) in [6.45, 7) is 7.34. The van der Waals surface area contributed by atoms with Gasteiger partial charge in [-0.1, -0.05) is 0 Å². The lowest BCUT2D eigenvalue weighted by Crippen LogP contribution is -2.39. The zero-order valence-corrected chi connectivity index (χ0v) is 14.9. The van der Waals surface area contributed by atoms with Crippen LogP contribution in [0.4, 0.5) is 0 Å². The molecule has 0 radical (unpaired) electrons. The summed E-state index contributed by atoms with van der Waals surface area (Å²) in [6.07, 6.45) is 1.55. The van der Waals surface area contributed by atoms with Crippen LogP contribution in [0.1, 0.15) is 30.3 Å². The first-order chi connectivity index (χ1) is 10.9. The molecule has 7 heteroatoms. The molecule has 0 aliphatic rings. The van der Waals surface area contributed by atoms with E-state index in [2.05, 4.69) is 20.7 Å². The van der Waals surface area contributed by atoms with E-state index >= 15 is 0 Å². The van der Waals surface area contributed by atoms with Crippen molar-refractivity contribution in [2.24, 2.45) is 4.99 Å². The Morgan fingerprint density at radius 2 is 2.35 bits per heavy atom. The van der Waals surface area contributed by atoms with Crippen LogP contribution in [0, 0.1) is 6.92 Å². The normalized spacial score (nSPS) is 14.6. The highest BCUT2D eigenvalue weighted by atomic mass is 32.1. The lowest BCUT2D eigenvalue weighted by atomic mass is 10.0. The molecule has 6 nitrogen and oxygen atoms in total. The van der Waals surface area contributed by atoms with E-state index in [0.717, 1.165) is 23.2 Å². The highest BCUT2D eigenvalue weighted by molar-refractivity contribution is 7.09. The van der Waals surface area contributed by atoms with Gasteiger partial charge in [0.1, 0.15) is 11.4 Å². The first-order valence-electron chi connectivity index (χ1n) is 7.59. The first kappa shape index (κ1) is 17.5. The number of guanidine groups is 1. The number of nitrogens with one attached hydrogen (secondary N) is 1. The molecule has 0 bridgehead atoms. The zero-order valence-electron chi connectivity index (χ0n) is 14.0. The molecule has 0 amide bonds. The molecular formula is C16H24N4O2S. The van der Waals surface area contributed by atoms with E-state index in [0.29, 0.717) is 12.3 Å². The van der Waals surface area contributed by atoms with Gasteiger partial charge in [0.25, 0.3) is 0 Å². The minimum Gasteiger partial charge on any atom is -0.466 e. The first-order valence-corrected chi connectivity index (χ1v) is 8.47. The largest absolute Gasteiger partial charge is 0.466 e. The summed E-state index contributed by atoms with van der Waals surface area (Å²) in [7, 11) is 1.96. The standard InChI is InChI=1S/C16H24N4O2S/c1-5-17-15(20(4)9-13-10-23-12(2)19-13)18-11-16(3,21)14-7-6-8-22-14/h6-8,10,21H,5,9,11H2,1-4H3,(H,17,18). The molecule has 2 N–H and O–H groups in total. The summed E-state index contributed by atoms with van der Waals surface area (Å²) < 4.78 is 5.29. The number of aromatic nitrogens is 1. The molecule has 0 aliphatic carbocycles. The molecule has 1 unspecified atom stereocenters. The van der Waals surface area contributed by atoms with Crippen molar-refractivity contribution in [1.29, 1.82) is 0 Å². The molecule has 126 valence electrons. The average molecular weight is 336 g/mol. The third-order valence-corrected chi connectivity index (χ3v) is 4.17. The summed E-state index contributed by atoms with van der Waals surface area (Å²) in [4.78, 5) is 11.0. The summed E-state index contributed by atoms with van der Waals surface area (Å²) >= 11 is 1.64. The van der Waals surface area contributed by atoms with E-state index in [1.807, 2.05) is 25.8 Å². The number of thiazole rings is 1. The van der Waals surface area contributed by atoms with Gasteiger partial charge in [0.05, 0.1) is 30.1 Å². The zero-order chi connectivity index (χ0) is 16.9. The fraction of sp³-hybridized carbons (Fsp3) is 0.500. The lowest BCUT2D eigenvalue weighted by molar-refractivity contribution is 0.0435. The molecule has 0 spiro atoms. The summed E-state index contributed by atoms with van der Waals surface area (Å²) in [6, 6.07) is 3.51. The van der Waals surface area contributed by atoms with Gasteiger partial charge in [-0.3, -0.25) is 0 Å². The van der Waals surface area contributed by atoms with Gasteiger partial charge in [-0.25, -0.2) is 9.98 Å². The van der Waals surface area contributed by atoms with E-state index in [-0.39, 0.29) is 6.54 Å². The van der Waals surface area contributed by atoms with Gasteiger partial charge in [0.2, 0.25) is 0 Å². The number of hydrogen-bond donors (Lipinski definition) is 2. The van der Waals surface area contributed by atoms with Crippen molar-refractivity contribution in [3.63, 3.8) is 0 Å². The second-order valence-electron chi connectivity index (χ2n) is 5.64. The van der Waals surface area contributed by atoms with Crippen molar-refractivity contribution in [1.82, 2.24) is 15.2 Å². The van der Waals surface area contributed by atoms with E-state index < -0.39 is 5.60 Å². The van der Waals surface area contributed by atoms with Crippen molar-refractivity contribution in [3.05, 3.63) is 40.2 Å². The molecule has 0 fully saturated rings. The quantitative estimate of drug-likeness (QED) is 0.626. The fourth-order valence-corrected chi connectivity index (χ4v) is 2.76. The molecule has 0 saturated carbocycles. The van der Waals surface area contributed by atoms with Crippen LogP contribution in [-0.4, -0.2) is 41.1 Å². The van der Waals surface area contributed by atoms with E-state index in [1.165, 1.54) is 0 Å². The Morgan fingerprint density at radius 3 is 2.91 bits per heavy atom. The summed E-state index contributed by atoms with van der Waals surface area (Å²) in [5.41, 5.74) is -0.124. The second-order valence-corrected chi connectivity index (χ2v) is 6.70. The van der Waals surface area contributed by atoms with Crippen LogP contribution in [0.2, 0.25) is 0 Å². The van der Waals surface area contributed by atoms with Crippen LogP contribution in [0.3, 0.4) is 0 Å². The van der Waals surface area contributed by atoms with E-state index in [1.54, 1.807) is 36.7 Å². The maximum absolute atomic E-state index is 10.5. The van der Waals surface area contributed by atoms with Gasteiger partial charge in [-0.2, -0.15) is 0 Å². The molecule has 1 atom stereocenters. The van der Waals surface area contributed by atoms with Gasteiger partial charge < -0.3 is 19.7 Å². The smallest absolute Gasteiger partial charge is 0.194 e. The van der Waals surface area contributed by atoms with Crippen molar-refractivity contribution in [2.45, 2.75) is 32.9 Å². The minimum atomic E-state index is -1.14. The van der Waals surface area contributed by atoms with Crippen LogP contribution in [0.5, 0.6) is 0 Å². The van der Waals surface area contributed by atoms with Crippen LogP contribution < -0.4 is 5.32 Å². The Balaban J connectivity index is 2.07. The molecule has 2 heterocycles. The van der Waals surface area contributed by atoms with E-state index in [4.69, 9.17) is 4.42 Å². The Kier molecular flexibility index (Phi) is 5.79. The maximum Gasteiger partial charge on any atom is 0.194 e. The molecule has 0 aliphatic heterocycles. The van der Waals surface area contributed by atoms with Crippen LogP contribution in [0.25, 0.3) is 0 Å². The van der Waals surface area contributed by atoms with Gasteiger partial charge in [-0.15, -0.1) is 11.3 Å². The summed E-state index contributed by atoms with van der Waals surface area (Å²) in [5, 5.41) is 16.8. The van der Waals surface area contributed by atoms with Gasteiger partial charge in [0, 0.05) is 19.0 Å². The monoisotopic (exact) mass is 336 g/mol. The highest BCUT2D eigenvalue weighted by Crippen LogP contribution is 2.21. The number of aliphatic imine (C=N–C) groups is 1. The molecule has 2 aromatic heterocycles. The van der Waals surface area contributed by atoms with E-state index in [9.17, 15) is 5.11 Å². The van der Waals surface area contributed by atoms with Gasteiger partial charge >= 0.3 is 0 Å².